The second-order valence-electron chi connectivity index (χ2n) is 11.7. The van der Waals surface area contributed by atoms with Crippen molar-refractivity contribution in [3.63, 3.8) is 0 Å². The van der Waals surface area contributed by atoms with E-state index in [-0.39, 0.29) is 18.5 Å². The van der Waals surface area contributed by atoms with Crippen LogP contribution < -0.4 is 0 Å². The first kappa shape index (κ1) is 39.9. The fourth-order valence-corrected chi connectivity index (χ4v) is 4.92. The quantitative estimate of drug-likeness (QED) is 0.0498. The summed E-state index contributed by atoms with van der Waals surface area (Å²) in [5.74, 6) is -0.982. The van der Waals surface area contributed by atoms with Crippen LogP contribution in [0.15, 0.2) is 48.6 Å². The maximum absolute atomic E-state index is 12.3. The third-order valence-electron chi connectivity index (χ3n) is 7.57. The summed E-state index contributed by atoms with van der Waals surface area (Å²) in [5, 5.41) is 9.05. The molecule has 0 saturated heterocycles. The molecule has 0 heterocycles. The van der Waals surface area contributed by atoms with E-state index in [4.69, 9.17) is 9.84 Å². The number of hydrogen-bond donors (Lipinski definition) is 1. The van der Waals surface area contributed by atoms with E-state index >= 15 is 0 Å². The van der Waals surface area contributed by atoms with Crippen LogP contribution in [0.2, 0.25) is 0 Å². The zero-order valence-electron chi connectivity index (χ0n) is 27.5. The van der Waals surface area contributed by atoms with Crippen molar-refractivity contribution in [1.82, 2.24) is 0 Å². The molecule has 0 rings (SSSR count). The molecule has 0 spiro atoms. The lowest BCUT2D eigenvalue weighted by atomic mass is 10.0. The van der Waals surface area contributed by atoms with Gasteiger partial charge >= 0.3 is 11.9 Å². The third kappa shape index (κ3) is 32.4. The predicted molar refractivity (Wildman–Crippen MR) is 181 cm³/mol. The van der Waals surface area contributed by atoms with Crippen molar-refractivity contribution in [2.75, 3.05) is 0 Å². The zero-order chi connectivity index (χ0) is 30.8. The molecule has 0 radical (unpaired) electrons. The number of esters is 1. The van der Waals surface area contributed by atoms with Crippen LogP contribution in [-0.4, -0.2) is 23.1 Å². The standard InChI is InChI=1S/C38H66O4/c1-3-5-7-9-11-13-14-15-16-17-18-19-20-21-22-23-24-25-27-29-31-33-38(41)42-36(34-35-37(39)40)32-30-28-26-12-10-8-6-4-2/h11,13,15-16,18-19,21-22,36H,3-10,12,14,17,20,23-35H2,1-2H3,(H,39,40)/b13-11-,16-15-,19-18-,22-21-. The number of ether oxygens (including phenoxy) is 1. The first-order chi connectivity index (χ1) is 20.6. The van der Waals surface area contributed by atoms with Gasteiger partial charge in [-0.05, 0) is 70.6 Å². The molecule has 1 atom stereocenters. The molecule has 0 aliphatic carbocycles. The molecule has 42 heavy (non-hydrogen) atoms. The first-order valence-electron chi connectivity index (χ1n) is 17.6. The number of carboxylic acids is 1. The highest BCUT2D eigenvalue weighted by Crippen LogP contribution is 2.17. The summed E-state index contributed by atoms with van der Waals surface area (Å²) in [6.07, 6.45) is 44.1. The van der Waals surface area contributed by atoms with E-state index in [0.29, 0.717) is 12.8 Å². The Morgan fingerprint density at radius 3 is 1.50 bits per heavy atom. The second kappa shape index (κ2) is 33.4. The summed E-state index contributed by atoms with van der Waals surface area (Å²) in [6.45, 7) is 4.47. The SMILES string of the molecule is CCCCC/C=C\C/C=C\C/C=C\C/C=C\CCCCCCCC(=O)OC(CCCCCCCCCC)CCC(=O)O. The van der Waals surface area contributed by atoms with Crippen molar-refractivity contribution in [3.05, 3.63) is 48.6 Å². The van der Waals surface area contributed by atoms with Gasteiger partial charge in [0.2, 0.25) is 0 Å². The Kier molecular flexibility index (Phi) is 31.7. The number of hydrogen-bond acceptors (Lipinski definition) is 3. The molecule has 0 saturated carbocycles. The van der Waals surface area contributed by atoms with Gasteiger partial charge in [-0.1, -0.05) is 140 Å². The molecule has 4 heteroatoms. The second-order valence-corrected chi connectivity index (χ2v) is 11.7. The van der Waals surface area contributed by atoms with E-state index < -0.39 is 5.97 Å². The molecule has 0 bridgehead atoms. The lowest BCUT2D eigenvalue weighted by Crippen LogP contribution is -2.19. The van der Waals surface area contributed by atoms with E-state index in [1.165, 1.54) is 77.0 Å². The molecule has 0 amide bonds. The Balaban J connectivity index is 3.77. The van der Waals surface area contributed by atoms with Gasteiger partial charge in [0.05, 0.1) is 0 Å². The molecule has 0 aliphatic rings. The number of allylic oxidation sites excluding steroid dienone is 8. The van der Waals surface area contributed by atoms with Crippen LogP contribution in [0.4, 0.5) is 0 Å². The Bertz CT molecular complexity index is 719. The molecule has 0 aromatic carbocycles. The van der Waals surface area contributed by atoms with Gasteiger partial charge in [0.1, 0.15) is 6.10 Å². The van der Waals surface area contributed by atoms with Gasteiger partial charge in [-0.3, -0.25) is 9.59 Å². The number of unbranched alkanes of at least 4 members (excludes halogenated alkanes) is 15. The van der Waals surface area contributed by atoms with Crippen molar-refractivity contribution in [2.24, 2.45) is 0 Å². The van der Waals surface area contributed by atoms with Crippen LogP contribution in [0.1, 0.15) is 174 Å². The van der Waals surface area contributed by atoms with Crippen molar-refractivity contribution < 1.29 is 19.4 Å². The molecule has 0 aromatic heterocycles. The van der Waals surface area contributed by atoms with E-state index in [0.717, 1.165) is 64.2 Å². The Morgan fingerprint density at radius 2 is 0.952 bits per heavy atom. The molecule has 1 unspecified atom stereocenters. The minimum absolute atomic E-state index is 0.0639. The smallest absolute Gasteiger partial charge is 0.306 e. The van der Waals surface area contributed by atoms with E-state index in [1.54, 1.807) is 0 Å². The molecule has 0 aromatic rings. The van der Waals surface area contributed by atoms with Crippen LogP contribution in [-0.2, 0) is 14.3 Å². The van der Waals surface area contributed by atoms with Crippen molar-refractivity contribution in [1.29, 1.82) is 0 Å². The van der Waals surface area contributed by atoms with Gasteiger partial charge in [0, 0.05) is 12.8 Å². The average Bonchev–Trinajstić information content (AvgIpc) is 2.97. The average molecular weight is 587 g/mol. The third-order valence-corrected chi connectivity index (χ3v) is 7.57. The minimum Gasteiger partial charge on any atom is -0.481 e. The number of aliphatic carboxylic acids is 1. The Hall–Kier alpha value is -2.10. The van der Waals surface area contributed by atoms with E-state index in [9.17, 15) is 9.59 Å². The lowest BCUT2D eigenvalue weighted by molar-refractivity contribution is -0.151. The van der Waals surface area contributed by atoms with Crippen LogP contribution in [0.25, 0.3) is 0 Å². The van der Waals surface area contributed by atoms with Crippen molar-refractivity contribution in [2.45, 2.75) is 180 Å². The fourth-order valence-electron chi connectivity index (χ4n) is 4.92. The summed E-state index contributed by atoms with van der Waals surface area (Å²) in [4.78, 5) is 23.4. The van der Waals surface area contributed by atoms with Gasteiger partial charge < -0.3 is 9.84 Å². The highest BCUT2D eigenvalue weighted by molar-refractivity contribution is 5.69. The van der Waals surface area contributed by atoms with Crippen LogP contribution >= 0.6 is 0 Å². The van der Waals surface area contributed by atoms with Crippen LogP contribution in [0.5, 0.6) is 0 Å². The highest BCUT2D eigenvalue weighted by atomic mass is 16.5. The molecule has 4 nitrogen and oxygen atoms in total. The Morgan fingerprint density at radius 1 is 0.524 bits per heavy atom. The number of carbonyl (C=O) groups is 2. The molecule has 0 aliphatic heterocycles. The maximum Gasteiger partial charge on any atom is 0.306 e. The lowest BCUT2D eigenvalue weighted by Gasteiger charge is -2.17. The fraction of sp³-hybridized carbons (Fsp3) is 0.737. The van der Waals surface area contributed by atoms with Gasteiger partial charge in [0.15, 0.2) is 0 Å². The largest absolute Gasteiger partial charge is 0.481 e. The molecular formula is C38H66O4. The van der Waals surface area contributed by atoms with E-state index in [1.807, 2.05) is 0 Å². The summed E-state index contributed by atoms with van der Waals surface area (Å²) in [7, 11) is 0. The Labute approximate surface area is 260 Å². The topological polar surface area (TPSA) is 63.6 Å². The highest BCUT2D eigenvalue weighted by Gasteiger charge is 2.15. The molecule has 242 valence electrons. The van der Waals surface area contributed by atoms with E-state index in [2.05, 4.69) is 62.5 Å². The number of carboxylic acid groups (broad SMARTS) is 1. The number of carbonyl (C=O) groups excluding carboxylic acids is 1. The van der Waals surface area contributed by atoms with Crippen LogP contribution in [0, 0.1) is 0 Å². The first-order valence-corrected chi connectivity index (χ1v) is 17.6. The van der Waals surface area contributed by atoms with Crippen LogP contribution in [0.3, 0.4) is 0 Å². The molecule has 1 N–H and O–H groups in total. The normalized spacial score (nSPS) is 12.8. The van der Waals surface area contributed by atoms with Crippen molar-refractivity contribution >= 4 is 11.9 Å². The molecular weight excluding hydrogens is 520 g/mol. The van der Waals surface area contributed by atoms with Gasteiger partial charge in [-0.2, -0.15) is 0 Å². The summed E-state index contributed by atoms with van der Waals surface area (Å²) in [5.41, 5.74) is 0. The summed E-state index contributed by atoms with van der Waals surface area (Å²) >= 11 is 0. The van der Waals surface area contributed by atoms with Gasteiger partial charge in [-0.25, -0.2) is 0 Å². The predicted octanol–water partition coefficient (Wildman–Crippen LogP) is 12.0. The maximum atomic E-state index is 12.3. The summed E-state index contributed by atoms with van der Waals surface area (Å²) < 4.78 is 5.68. The van der Waals surface area contributed by atoms with Gasteiger partial charge in [-0.15, -0.1) is 0 Å². The number of rotatable bonds is 31. The monoisotopic (exact) mass is 586 g/mol. The summed E-state index contributed by atoms with van der Waals surface area (Å²) in [6, 6.07) is 0. The molecule has 0 fully saturated rings. The minimum atomic E-state index is -0.821. The van der Waals surface area contributed by atoms with Crippen molar-refractivity contribution in [3.8, 4) is 0 Å². The van der Waals surface area contributed by atoms with Gasteiger partial charge in [0.25, 0.3) is 0 Å². The zero-order valence-corrected chi connectivity index (χ0v) is 27.5.